The average Bonchev–Trinajstić information content (AvgIpc) is 1.89. The summed E-state index contributed by atoms with van der Waals surface area (Å²) in [6.07, 6.45) is 3.55. The van der Waals surface area contributed by atoms with Gasteiger partial charge in [-0.25, -0.2) is 0 Å². The highest BCUT2D eigenvalue weighted by Gasteiger charge is 1.98. The van der Waals surface area contributed by atoms with Crippen molar-refractivity contribution >= 4 is 0 Å². The predicted octanol–water partition coefficient (Wildman–Crippen LogP) is 3.01. The van der Waals surface area contributed by atoms with Gasteiger partial charge >= 0.3 is 0 Å². The molecule has 1 nitrogen and oxygen atoms in total. The van der Waals surface area contributed by atoms with E-state index in [0.29, 0.717) is 5.92 Å². The summed E-state index contributed by atoms with van der Waals surface area (Å²) in [4.78, 5) is 0. The van der Waals surface area contributed by atoms with Crippen molar-refractivity contribution in [2.45, 2.75) is 40.0 Å². The van der Waals surface area contributed by atoms with Crippen LogP contribution in [0.1, 0.15) is 40.0 Å². The first-order chi connectivity index (χ1) is 4.81. The molecule has 0 aliphatic heterocycles. The van der Waals surface area contributed by atoms with Crippen LogP contribution < -0.4 is 0 Å². The van der Waals surface area contributed by atoms with E-state index >= 15 is 0 Å². The molecule has 0 aliphatic carbocycles. The molecule has 0 aromatic rings. The molecule has 0 aromatic heterocycles. The van der Waals surface area contributed by atoms with Crippen LogP contribution in [-0.4, -0.2) is 6.61 Å². The monoisotopic (exact) mass is 143 g/mol. The van der Waals surface area contributed by atoms with Crippen molar-refractivity contribution in [2.24, 2.45) is 5.92 Å². The van der Waals surface area contributed by atoms with Crippen LogP contribution in [0.4, 0.5) is 0 Å². The maximum atomic E-state index is 5.27. The molecular formula is C9H19O. The van der Waals surface area contributed by atoms with Crippen LogP contribution in [-0.2, 0) is 4.74 Å². The minimum absolute atomic E-state index is 0.716. The lowest BCUT2D eigenvalue weighted by Crippen LogP contribution is -2.03. The van der Waals surface area contributed by atoms with E-state index in [-0.39, 0.29) is 0 Å². The van der Waals surface area contributed by atoms with Gasteiger partial charge in [0.1, 0.15) is 0 Å². The van der Waals surface area contributed by atoms with Crippen molar-refractivity contribution in [3.05, 3.63) is 6.61 Å². The second kappa shape index (κ2) is 7.07. The molecule has 0 aromatic carbocycles. The Balaban J connectivity index is 2.97. The molecule has 61 valence electrons. The fraction of sp³-hybridized carbons (Fsp3) is 0.889. The highest BCUT2D eigenvalue weighted by Crippen LogP contribution is 2.05. The zero-order chi connectivity index (χ0) is 7.82. The first-order valence-electron chi connectivity index (χ1n) is 4.24. The van der Waals surface area contributed by atoms with Gasteiger partial charge in [-0.1, -0.05) is 27.2 Å². The Hall–Kier alpha value is -0.0400. The number of hydrogen-bond acceptors (Lipinski definition) is 1. The van der Waals surface area contributed by atoms with E-state index in [4.69, 9.17) is 4.74 Å². The zero-order valence-corrected chi connectivity index (χ0v) is 7.39. The fourth-order valence-corrected chi connectivity index (χ4v) is 0.926. The maximum Gasteiger partial charge on any atom is 0.0834 e. The lowest BCUT2D eigenvalue weighted by molar-refractivity contribution is 0.153. The van der Waals surface area contributed by atoms with Gasteiger partial charge in [0.05, 0.1) is 6.61 Å². The molecular weight excluding hydrogens is 124 g/mol. The van der Waals surface area contributed by atoms with Crippen molar-refractivity contribution in [1.29, 1.82) is 0 Å². The molecule has 0 bridgehead atoms. The lowest BCUT2D eigenvalue weighted by Gasteiger charge is -2.08. The third kappa shape index (κ3) is 6.09. The summed E-state index contributed by atoms with van der Waals surface area (Å²) in [5.74, 6) is 0.716. The summed E-state index contributed by atoms with van der Waals surface area (Å²) in [6.45, 7) is 9.30. The Morgan fingerprint density at radius 3 is 2.60 bits per heavy atom. The predicted molar refractivity (Wildman–Crippen MR) is 44.6 cm³/mol. The van der Waals surface area contributed by atoms with E-state index < -0.39 is 0 Å². The van der Waals surface area contributed by atoms with Crippen LogP contribution in [0, 0.1) is 12.5 Å². The standard InChI is InChI=1S/C9H19O/c1-4-6-9(3)8-10-7-5-2/h7,9H,4-6,8H2,1-3H3. The summed E-state index contributed by atoms with van der Waals surface area (Å²) in [7, 11) is 0. The van der Waals surface area contributed by atoms with E-state index in [1.54, 1.807) is 0 Å². The van der Waals surface area contributed by atoms with Gasteiger partial charge < -0.3 is 4.74 Å². The highest BCUT2D eigenvalue weighted by molar-refractivity contribution is 4.52. The summed E-state index contributed by atoms with van der Waals surface area (Å²) in [6, 6.07) is 0. The number of hydrogen-bond donors (Lipinski definition) is 0. The van der Waals surface area contributed by atoms with Crippen LogP contribution >= 0.6 is 0 Å². The van der Waals surface area contributed by atoms with Crippen LogP contribution in [0.2, 0.25) is 0 Å². The second-order valence-electron chi connectivity index (χ2n) is 2.80. The topological polar surface area (TPSA) is 9.23 Å². The molecule has 0 N–H and O–H groups in total. The molecule has 10 heavy (non-hydrogen) atoms. The van der Waals surface area contributed by atoms with Crippen molar-refractivity contribution in [2.75, 3.05) is 6.61 Å². The van der Waals surface area contributed by atoms with Crippen molar-refractivity contribution < 1.29 is 4.74 Å². The largest absolute Gasteiger partial charge is 0.375 e. The molecule has 0 heterocycles. The van der Waals surface area contributed by atoms with Crippen LogP contribution in [0.15, 0.2) is 0 Å². The first kappa shape index (κ1) is 9.96. The molecule has 0 aliphatic rings. The van der Waals surface area contributed by atoms with E-state index in [1.807, 2.05) is 6.61 Å². The third-order valence-corrected chi connectivity index (χ3v) is 1.45. The van der Waals surface area contributed by atoms with Crippen LogP contribution in [0.3, 0.4) is 0 Å². The minimum atomic E-state index is 0.716. The Morgan fingerprint density at radius 2 is 2.10 bits per heavy atom. The van der Waals surface area contributed by atoms with Gasteiger partial charge in [-0.15, -0.1) is 0 Å². The quantitative estimate of drug-likeness (QED) is 0.519. The van der Waals surface area contributed by atoms with Gasteiger partial charge in [0.2, 0.25) is 0 Å². The molecule has 1 atom stereocenters. The normalized spacial score (nSPS) is 13.5. The highest BCUT2D eigenvalue weighted by atomic mass is 16.5. The van der Waals surface area contributed by atoms with Crippen molar-refractivity contribution in [3.8, 4) is 0 Å². The fourth-order valence-electron chi connectivity index (χ4n) is 0.926. The lowest BCUT2D eigenvalue weighted by atomic mass is 10.1. The molecule has 1 radical (unpaired) electrons. The molecule has 0 fully saturated rings. The van der Waals surface area contributed by atoms with Gasteiger partial charge in [0.15, 0.2) is 0 Å². The molecule has 0 amide bonds. The van der Waals surface area contributed by atoms with E-state index in [9.17, 15) is 0 Å². The Bertz CT molecular complexity index is 61.7. The van der Waals surface area contributed by atoms with Gasteiger partial charge in [-0.2, -0.15) is 0 Å². The summed E-state index contributed by atoms with van der Waals surface area (Å²) < 4.78 is 5.27. The van der Waals surface area contributed by atoms with E-state index in [0.717, 1.165) is 13.0 Å². The summed E-state index contributed by atoms with van der Waals surface area (Å²) in [5, 5.41) is 0. The van der Waals surface area contributed by atoms with Gasteiger partial charge in [0, 0.05) is 6.61 Å². The van der Waals surface area contributed by atoms with E-state index in [1.165, 1.54) is 12.8 Å². The third-order valence-electron chi connectivity index (χ3n) is 1.45. The number of ether oxygens (including phenoxy) is 1. The molecule has 0 spiro atoms. The molecule has 0 saturated carbocycles. The SMILES string of the molecule is CC[CH]OCC(C)CCC. The van der Waals surface area contributed by atoms with Crippen molar-refractivity contribution in [1.82, 2.24) is 0 Å². The zero-order valence-electron chi connectivity index (χ0n) is 7.39. The van der Waals surface area contributed by atoms with Crippen LogP contribution in [0.25, 0.3) is 0 Å². The molecule has 1 heteroatoms. The summed E-state index contributed by atoms with van der Waals surface area (Å²) in [5.41, 5.74) is 0. The van der Waals surface area contributed by atoms with Gasteiger partial charge in [-0.3, -0.25) is 0 Å². The van der Waals surface area contributed by atoms with E-state index in [2.05, 4.69) is 20.8 Å². The van der Waals surface area contributed by atoms with Gasteiger partial charge in [-0.05, 0) is 18.8 Å². The molecule has 0 saturated heterocycles. The molecule has 1 unspecified atom stereocenters. The Labute approximate surface area is 64.8 Å². The average molecular weight is 143 g/mol. The second-order valence-corrected chi connectivity index (χ2v) is 2.80. The van der Waals surface area contributed by atoms with Gasteiger partial charge in [0.25, 0.3) is 0 Å². The smallest absolute Gasteiger partial charge is 0.0834 e. The Morgan fingerprint density at radius 1 is 1.40 bits per heavy atom. The number of rotatable bonds is 6. The summed E-state index contributed by atoms with van der Waals surface area (Å²) >= 11 is 0. The molecule has 0 rings (SSSR count). The van der Waals surface area contributed by atoms with Crippen LogP contribution in [0.5, 0.6) is 0 Å². The Kier molecular flexibility index (Phi) is 7.04. The maximum absolute atomic E-state index is 5.27. The minimum Gasteiger partial charge on any atom is -0.375 e. The first-order valence-corrected chi connectivity index (χ1v) is 4.24. The van der Waals surface area contributed by atoms with Crippen molar-refractivity contribution in [3.63, 3.8) is 0 Å².